The molecule has 0 bridgehead atoms. The van der Waals surface area contributed by atoms with Crippen molar-refractivity contribution < 1.29 is 0 Å². The monoisotopic (exact) mass is 233 g/mol. The summed E-state index contributed by atoms with van der Waals surface area (Å²) in [5, 5.41) is 5.37. The first kappa shape index (κ1) is 11.1. The molecule has 0 fully saturated rings. The first-order valence-corrected chi connectivity index (χ1v) is 6.25. The fraction of sp³-hybridized carbons (Fsp3) is 0.333. The van der Waals surface area contributed by atoms with Gasteiger partial charge in [0.15, 0.2) is 0 Å². The number of nitrogens with one attached hydrogen (secondary N) is 1. The zero-order chi connectivity index (χ0) is 11.4. The molecular weight excluding hydrogens is 218 g/mol. The lowest BCUT2D eigenvalue weighted by atomic mass is 10.2. The summed E-state index contributed by atoms with van der Waals surface area (Å²) >= 11 is 1.78. The van der Waals surface area contributed by atoms with Crippen molar-refractivity contribution in [1.29, 1.82) is 0 Å². The van der Waals surface area contributed by atoms with Gasteiger partial charge in [0.2, 0.25) is 5.95 Å². The van der Waals surface area contributed by atoms with E-state index in [-0.39, 0.29) is 0 Å². The lowest BCUT2D eigenvalue weighted by Gasteiger charge is -2.04. The van der Waals surface area contributed by atoms with Crippen LogP contribution in [0.3, 0.4) is 0 Å². The van der Waals surface area contributed by atoms with Gasteiger partial charge in [0.1, 0.15) is 0 Å². The van der Waals surface area contributed by atoms with Crippen LogP contribution in [-0.4, -0.2) is 9.97 Å². The lowest BCUT2D eigenvalue weighted by Crippen LogP contribution is -2.03. The summed E-state index contributed by atoms with van der Waals surface area (Å²) in [6.45, 7) is 4.97. The van der Waals surface area contributed by atoms with Crippen molar-refractivity contribution in [3.8, 4) is 0 Å². The highest BCUT2D eigenvalue weighted by Gasteiger charge is 2.02. The van der Waals surface area contributed by atoms with Crippen LogP contribution in [0.15, 0.2) is 23.8 Å². The molecule has 1 N–H and O–H groups in total. The molecule has 0 aliphatic carbocycles. The lowest BCUT2D eigenvalue weighted by molar-refractivity contribution is 1.03. The van der Waals surface area contributed by atoms with Gasteiger partial charge in [0.25, 0.3) is 0 Å². The van der Waals surface area contributed by atoms with Crippen molar-refractivity contribution >= 4 is 17.3 Å². The van der Waals surface area contributed by atoms with E-state index in [2.05, 4.69) is 33.7 Å². The zero-order valence-electron chi connectivity index (χ0n) is 9.53. The fourth-order valence-corrected chi connectivity index (χ4v) is 2.40. The van der Waals surface area contributed by atoms with E-state index < -0.39 is 0 Å². The molecular formula is C12H15N3S. The minimum absolute atomic E-state index is 0.695. The average Bonchev–Trinajstić information content (AvgIpc) is 2.76. The van der Waals surface area contributed by atoms with Gasteiger partial charge in [-0.1, -0.05) is 6.92 Å². The van der Waals surface area contributed by atoms with Crippen LogP contribution < -0.4 is 5.32 Å². The quantitative estimate of drug-likeness (QED) is 0.882. The third-order valence-electron chi connectivity index (χ3n) is 2.41. The molecule has 0 spiro atoms. The van der Waals surface area contributed by atoms with Crippen molar-refractivity contribution in [3.63, 3.8) is 0 Å². The summed E-state index contributed by atoms with van der Waals surface area (Å²) in [7, 11) is 0. The van der Waals surface area contributed by atoms with E-state index >= 15 is 0 Å². The smallest absolute Gasteiger partial charge is 0.222 e. The fourth-order valence-electron chi connectivity index (χ4n) is 1.48. The van der Waals surface area contributed by atoms with E-state index in [1.54, 1.807) is 11.3 Å². The van der Waals surface area contributed by atoms with E-state index in [4.69, 9.17) is 0 Å². The maximum absolute atomic E-state index is 4.22. The zero-order valence-corrected chi connectivity index (χ0v) is 10.3. The molecule has 0 unspecified atom stereocenters. The normalized spacial score (nSPS) is 10.4. The summed E-state index contributed by atoms with van der Waals surface area (Å²) in [6, 6.07) is 2.18. The number of hydrogen-bond acceptors (Lipinski definition) is 4. The molecule has 4 heteroatoms. The summed E-state index contributed by atoms with van der Waals surface area (Å²) in [5.74, 6) is 0.695. The van der Waals surface area contributed by atoms with Crippen molar-refractivity contribution in [2.24, 2.45) is 0 Å². The number of anilines is 1. The molecule has 2 rings (SSSR count). The van der Waals surface area contributed by atoms with Gasteiger partial charge in [-0.05, 0) is 35.9 Å². The van der Waals surface area contributed by atoms with E-state index in [0.29, 0.717) is 5.95 Å². The second-order valence-corrected chi connectivity index (χ2v) is 4.66. The van der Waals surface area contributed by atoms with Crippen molar-refractivity contribution in [2.75, 3.05) is 5.32 Å². The molecule has 0 aromatic carbocycles. The molecule has 2 aromatic rings. The Kier molecular flexibility index (Phi) is 3.51. The Morgan fingerprint density at radius 2 is 2.06 bits per heavy atom. The minimum Gasteiger partial charge on any atom is -0.349 e. The molecule has 0 radical (unpaired) electrons. The Balaban J connectivity index is 1.99. The van der Waals surface area contributed by atoms with Crippen molar-refractivity contribution in [3.05, 3.63) is 39.8 Å². The SMILES string of the molecule is CCc1ccsc1CNc1ncc(C)cn1. The highest BCUT2D eigenvalue weighted by atomic mass is 32.1. The molecule has 0 aliphatic rings. The number of hydrogen-bond donors (Lipinski definition) is 1. The van der Waals surface area contributed by atoms with Crippen LogP contribution in [0.25, 0.3) is 0 Å². The number of nitrogens with zero attached hydrogens (tertiary/aromatic N) is 2. The standard InChI is InChI=1S/C12H15N3S/c1-3-10-4-5-16-11(10)8-15-12-13-6-9(2)7-14-12/h4-7H,3,8H2,1-2H3,(H,13,14,15). The van der Waals surface area contributed by atoms with Gasteiger partial charge in [0.05, 0.1) is 6.54 Å². The van der Waals surface area contributed by atoms with Crippen LogP contribution in [0.4, 0.5) is 5.95 Å². The summed E-state index contributed by atoms with van der Waals surface area (Å²) < 4.78 is 0. The second kappa shape index (κ2) is 5.07. The summed E-state index contributed by atoms with van der Waals surface area (Å²) in [5.41, 5.74) is 2.49. The third-order valence-corrected chi connectivity index (χ3v) is 3.37. The van der Waals surface area contributed by atoms with Crippen LogP contribution in [0.1, 0.15) is 22.9 Å². The molecule has 0 saturated carbocycles. The molecule has 2 aromatic heterocycles. The number of rotatable bonds is 4. The maximum Gasteiger partial charge on any atom is 0.222 e. The molecule has 0 atom stereocenters. The Labute approximate surface area is 99.6 Å². The molecule has 3 nitrogen and oxygen atoms in total. The van der Waals surface area contributed by atoms with Gasteiger partial charge in [-0.25, -0.2) is 9.97 Å². The number of aromatic nitrogens is 2. The van der Waals surface area contributed by atoms with E-state index in [9.17, 15) is 0 Å². The van der Waals surface area contributed by atoms with Crippen molar-refractivity contribution in [2.45, 2.75) is 26.8 Å². The third kappa shape index (κ3) is 2.58. The Hall–Kier alpha value is -1.42. The molecule has 16 heavy (non-hydrogen) atoms. The van der Waals surface area contributed by atoms with Crippen LogP contribution in [0, 0.1) is 6.92 Å². The predicted molar refractivity (Wildman–Crippen MR) is 67.8 cm³/mol. The van der Waals surface area contributed by atoms with E-state index in [1.165, 1.54) is 10.4 Å². The molecule has 0 saturated heterocycles. The first-order valence-electron chi connectivity index (χ1n) is 5.37. The minimum atomic E-state index is 0.695. The van der Waals surface area contributed by atoms with Crippen molar-refractivity contribution in [1.82, 2.24) is 9.97 Å². The average molecular weight is 233 g/mol. The molecule has 0 aliphatic heterocycles. The van der Waals surface area contributed by atoms with Crippen LogP contribution >= 0.6 is 11.3 Å². The highest BCUT2D eigenvalue weighted by molar-refractivity contribution is 7.10. The van der Waals surface area contributed by atoms with E-state index in [0.717, 1.165) is 18.5 Å². The van der Waals surface area contributed by atoms with Gasteiger partial charge in [-0.2, -0.15) is 0 Å². The Bertz CT molecular complexity index is 448. The van der Waals surface area contributed by atoms with Gasteiger partial charge in [-0.15, -0.1) is 11.3 Å². The highest BCUT2D eigenvalue weighted by Crippen LogP contribution is 2.18. The largest absolute Gasteiger partial charge is 0.349 e. The van der Waals surface area contributed by atoms with Gasteiger partial charge in [0, 0.05) is 17.3 Å². The Morgan fingerprint density at radius 1 is 1.31 bits per heavy atom. The Morgan fingerprint density at radius 3 is 2.75 bits per heavy atom. The summed E-state index contributed by atoms with van der Waals surface area (Å²) in [4.78, 5) is 9.80. The number of aryl methyl sites for hydroxylation is 2. The van der Waals surface area contributed by atoms with Crippen LogP contribution in [-0.2, 0) is 13.0 Å². The van der Waals surface area contributed by atoms with Gasteiger partial charge >= 0.3 is 0 Å². The van der Waals surface area contributed by atoms with Gasteiger partial charge in [-0.3, -0.25) is 0 Å². The maximum atomic E-state index is 4.22. The summed E-state index contributed by atoms with van der Waals surface area (Å²) in [6.07, 6.45) is 4.73. The van der Waals surface area contributed by atoms with Gasteiger partial charge < -0.3 is 5.32 Å². The predicted octanol–water partition coefficient (Wildman–Crippen LogP) is 3.02. The topological polar surface area (TPSA) is 37.8 Å². The first-order chi connectivity index (χ1) is 7.79. The number of thiophene rings is 1. The van der Waals surface area contributed by atoms with E-state index in [1.807, 2.05) is 19.3 Å². The van der Waals surface area contributed by atoms with Crippen LogP contribution in [0.5, 0.6) is 0 Å². The van der Waals surface area contributed by atoms with Crippen LogP contribution in [0.2, 0.25) is 0 Å². The molecule has 2 heterocycles. The molecule has 84 valence electrons. The second-order valence-electron chi connectivity index (χ2n) is 3.66. The molecule has 0 amide bonds.